The maximum Gasteiger partial charge on any atom is 0.252 e. The average Bonchev–Trinajstić information content (AvgIpc) is 2.72. The first-order valence-electron chi connectivity index (χ1n) is 9.84. The Labute approximate surface area is 165 Å². The largest absolute Gasteiger partial charge is 0.384 e. The molecular weight excluding hydrogens is 352 g/mol. The fourth-order valence-electron chi connectivity index (χ4n) is 3.14. The Morgan fingerprint density at radius 1 is 1.00 bits per heavy atom. The van der Waals surface area contributed by atoms with E-state index in [0.717, 1.165) is 42.9 Å². The number of hydrogen-bond acceptors (Lipinski definition) is 6. The maximum absolute atomic E-state index is 12.0. The molecule has 7 nitrogen and oxygen atoms in total. The molecule has 148 valence electrons. The van der Waals surface area contributed by atoms with Gasteiger partial charge in [-0.15, -0.1) is 0 Å². The molecule has 0 saturated heterocycles. The normalized spacial score (nSPS) is 11.1. The lowest BCUT2D eigenvalue weighted by Gasteiger charge is -2.18. The van der Waals surface area contributed by atoms with Crippen LogP contribution >= 0.6 is 0 Å². The predicted molar refractivity (Wildman–Crippen MR) is 115 cm³/mol. The van der Waals surface area contributed by atoms with E-state index in [-0.39, 0.29) is 5.56 Å². The van der Waals surface area contributed by atoms with Gasteiger partial charge in [0.2, 0.25) is 5.95 Å². The smallest absolute Gasteiger partial charge is 0.252 e. The van der Waals surface area contributed by atoms with Gasteiger partial charge >= 0.3 is 0 Å². The molecule has 0 bridgehead atoms. The second-order valence-corrected chi connectivity index (χ2v) is 6.54. The van der Waals surface area contributed by atoms with E-state index in [0.29, 0.717) is 18.1 Å². The van der Waals surface area contributed by atoms with E-state index in [1.165, 1.54) is 0 Å². The predicted octanol–water partition coefficient (Wildman–Crippen LogP) is 3.31. The molecule has 0 aliphatic heterocycles. The Bertz CT molecular complexity index is 963. The van der Waals surface area contributed by atoms with E-state index >= 15 is 0 Å². The summed E-state index contributed by atoms with van der Waals surface area (Å²) in [5.74, 6) is 0.475. The standard InChI is InChI=1S/C21H28N6O/c1-4-26(5-2)14-13-22-17-8-10-18(11-9-17)24-21-23-15-16-7-12-19(28)27(6-3)20(16)25-21/h7-12,15,22H,4-6,13-14H2,1-3H3,(H,23,24,25). The monoisotopic (exact) mass is 380 g/mol. The highest BCUT2D eigenvalue weighted by Gasteiger charge is 2.06. The molecule has 0 unspecified atom stereocenters. The second-order valence-electron chi connectivity index (χ2n) is 6.54. The fraction of sp³-hybridized carbons (Fsp3) is 0.381. The van der Waals surface area contributed by atoms with Gasteiger partial charge in [0.15, 0.2) is 0 Å². The molecule has 0 amide bonds. The van der Waals surface area contributed by atoms with Crippen LogP contribution in [0.25, 0.3) is 11.0 Å². The number of nitrogens with zero attached hydrogens (tertiary/aromatic N) is 4. The number of likely N-dealkylation sites (N-methyl/N-ethyl adjacent to an activating group) is 1. The average molecular weight is 380 g/mol. The van der Waals surface area contributed by atoms with E-state index in [4.69, 9.17) is 0 Å². The van der Waals surface area contributed by atoms with Crippen molar-refractivity contribution in [3.63, 3.8) is 0 Å². The number of benzene rings is 1. The lowest BCUT2D eigenvalue weighted by atomic mass is 10.2. The number of hydrogen-bond donors (Lipinski definition) is 2. The summed E-state index contributed by atoms with van der Waals surface area (Å²) in [4.78, 5) is 23.3. The summed E-state index contributed by atoms with van der Waals surface area (Å²) in [6.07, 6.45) is 1.74. The van der Waals surface area contributed by atoms with Crippen LogP contribution in [0, 0.1) is 0 Å². The lowest BCUT2D eigenvalue weighted by molar-refractivity contribution is 0.316. The van der Waals surface area contributed by atoms with Gasteiger partial charge < -0.3 is 15.5 Å². The van der Waals surface area contributed by atoms with Crippen molar-refractivity contribution in [2.24, 2.45) is 0 Å². The van der Waals surface area contributed by atoms with Crippen molar-refractivity contribution in [2.45, 2.75) is 27.3 Å². The van der Waals surface area contributed by atoms with Crippen LogP contribution in [-0.2, 0) is 6.54 Å². The number of fused-ring (bicyclic) bond motifs is 1. The number of aryl methyl sites for hydroxylation is 1. The van der Waals surface area contributed by atoms with Crippen LogP contribution < -0.4 is 16.2 Å². The Balaban J connectivity index is 1.68. The number of anilines is 3. The Hall–Kier alpha value is -2.93. The SMILES string of the molecule is CCN(CC)CCNc1ccc(Nc2ncc3ccc(=O)n(CC)c3n2)cc1. The molecule has 0 spiro atoms. The van der Waals surface area contributed by atoms with Gasteiger partial charge in [0.25, 0.3) is 5.56 Å². The van der Waals surface area contributed by atoms with Gasteiger partial charge in [-0.3, -0.25) is 9.36 Å². The minimum atomic E-state index is -0.0558. The van der Waals surface area contributed by atoms with Crippen molar-refractivity contribution in [3.05, 3.63) is 52.9 Å². The quantitative estimate of drug-likeness (QED) is 0.593. The van der Waals surface area contributed by atoms with Crippen LogP contribution in [0.5, 0.6) is 0 Å². The highest BCUT2D eigenvalue weighted by Crippen LogP contribution is 2.18. The Morgan fingerprint density at radius 2 is 1.71 bits per heavy atom. The van der Waals surface area contributed by atoms with Crippen LogP contribution in [0.2, 0.25) is 0 Å². The number of nitrogens with one attached hydrogen (secondary N) is 2. The number of rotatable bonds is 9. The van der Waals surface area contributed by atoms with Gasteiger partial charge in [-0.25, -0.2) is 4.98 Å². The minimum Gasteiger partial charge on any atom is -0.384 e. The van der Waals surface area contributed by atoms with E-state index in [2.05, 4.69) is 39.3 Å². The molecule has 28 heavy (non-hydrogen) atoms. The number of pyridine rings is 1. The van der Waals surface area contributed by atoms with Crippen LogP contribution in [0.4, 0.5) is 17.3 Å². The first-order valence-corrected chi connectivity index (χ1v) is 9.84. The van der Waals surface area contributed by atoms with Crippen LogP contribution in [0.1, 0.15) is 20.8 Å². The van der Waals surface area contributed by atoms with E-state index in [1.807, 2.05) is 31.2 Å². The van der Waals surface area contributed by atoms with E-state index in [1.54, 1.807) is 22.9 Å². The summed E-state index contributed by atoms with van der Waals surface area (Å²) in [5.41, 5.74) is 2.56. The van der Waals surface area contributed by atoms with Crippen molar-refractivity contribution in [1.82, 2.24) is 19.4 Å². The summed E-state index contributed by atoms with van der Waals surface area (Å²) >= 11 is 0. The summed E-state index contributed by atoms with van der Waals surface area (Å²) < 4.78 is 1.64. The molecule has 2 heterocycles. The zero-order valence-corrected chi connectivity index (χ0v) is 16.8. The molecule has 0 aliphatic carbocycles. The van der Waals surface area contributed by atoms with Crippen molar-refractivity contribution in [3.8, 4) is 0 Å². The summed E-state index contributed by atoms with van der Waals surface area (Å²) in [6.45, 7) is 10.9. The lowest BCUT2D eigenvalue weighted by Crippen LogP contribution is -2.28. The van der Waals surface area contributed by atoms with Gasteiger partial charge in [-0.2, -0.15) is 4.98 Å². The first kappa shape index (κ1) is 19.8. The van der Waals surface area contributed by atoms with Crippen LogP contribution in [0.3, 0.4) is 0 Å². The summed E-state index contributed by atoms with van der Waals surface area (Å²) in [6, 6.07) is 11.4. The summed E-state index contributed by atoms with van der Waals surface area (Å²) in [5, 5.41) is 7.50. The topological polar surface area (TPSA) is 75.1 Å². The third-order valence-electron chi connectivity index (χ3n) is 4.83. The maximum atomic E-state index is 12.0. The Morgan fingerprint density at radius 3 is 2.39 bits per heavy atom. The first-order chi connectivity index (χ1) is 13.6. The zero-order valence-electron chi connectivity index (χ0n) is 16.8. The molecule has 3 rings (SSSR count). The van der Waals surface area contributed by atoms with Crippen molar-refractivity contribution >= 4 is 28.4 Å². The highest BCUT2D eigenvalue weighted by atomic mass is 16.1. The third kappa shape index (κ3) is 4.67. The van der Waals surface area contributed by atoms with E-state index in [9.17, 15) is 4.79 Å². The summed E-state index contributed by atoms with van der Waals surface area (Å²) in [7, 11) is 0. The Kier molecular flexibility index (Phi) is 6.60. The zero-order chi connectivity index (χ0) is 19.9. The van der Waals surface area contributed by atoms with Gasteiger partial charge in [0, 0.05) is 48.7 Å². The second kappa shape index (κ2) is 9.32. The van der Waals surface area contributed by atoms with Crippen LogP contribution in [-0.4, -0.2) is 45.6 Å². The van der Waals surface area contributed by atoms with Gasteiger partial charge in [-0.05, 0) is 50.3 Å². The molecule has 0 radical (unpaired) electrons. The molecule has 0 fully saturated rings. The molecule has 7 heteroatoms. The molecule has 2 N–H and O–H groups in total. The molecule has 2 aromatic heterocycles. The molecule has 0 atom stereocenters. The van der Waals surface area contributed by atoms with E-state index < -0.39 is 0 Å². The van der Waals surface area contributed by atoms with Crippen LogP contribution in [0.15, 0.2) is 47.4 Å². The molecule has 0 aliphatic rings. The van der Waals surface area contributed by atoms with Gasteiger partial charge in [-0.1, -0.05) is 13.8 Å². The molecule has 1 aromatic carbocycles. The van der Waals surface area contributed by atoms with Gasteiger partial charge in [0.05, 0.1) is 0 Å². The number of aromatic nitrogens is 3. The third-order valence-corrected chi connectivity index (χ3v) is 4.83. The molecular formula is C21H28N6O. The van der Waals surface area contributed by atoms with Crippen molar-refractivity contribution < 1.29 is 0 Å². The molecule has 3 aromatic rings. The van der Waals surface area contributed by atoms with Crippen molar-refractivity contribution in [2.75, 3.05) is 36.8 Å². The molecule has 0 saturated carbocycles. The fourth-order valence-corrected chi connectivity index (χ4v) is 3.14. The van der Waals surface area contributed by atoms with Crippen molar-refractivity contribution in [1.29, 1.82) is 0 Å². The minimum absolute atomic E-state index is 0.0558. The highest BCUT2D eigenvalue weighted by molar-refractivity contribution is 5.75. The van der Waals surface area contributed by atoms with Gasteiger partial charge in [0.1, 0.15) is 5.65 Å².